The fourth-order valence-electron chi connectivity index (χ4n) is 6.13. The van der Waals surface area contributed by atoms with E-state index in [-0.39, 0.29) is 69.8 Å². The van der Waals surface area contributed by atoms with Crippen molar-refractivity contribution in [2.75, 3.05) is 13.6 Å². The maximum absolute atomic E-state index is 14.5. The number of nitrogens with zero attached hydrogens (tertiary/aromatic N) is 3. The summed E-state index contributed by atoms with van der Waals surface area (Å²) in [5.74, 6) is -6.74. The quantitative estimate of drug-likeness (QED) is 0.307. The van der Waals surface area contributed by atoms with Crippen molar-refractivity contribution >= 4 is 17.7 Å². The first-order valence-corrected chi connectivity index (χ1v) is 15.4. The third kappa shape index (κ3) is 8.28. The van der Waals surface area contributed by atoms with Crippen LogP contribution in [0.3, 0.4) is 0 Å². The van der Waals surface area contributed by atoms with E-state index >= 15 is 0 Å². The summed E-state index contributed by atoms with van der Waals surface area (Å²) in [7, 11) is 1.55. The molecule has 2 saturated carbocycles. The van der Waals surface area contributed by atoms with Crippen LogP contribution in [0.5, 0.6) is 11.5 Å². The topological polar surface area (TPSA) is 101 Å². The molecule has 0 spiro atoms. The normalized spacial score (nSPS) is 21.4. The summed E-state index contributed by atoms with van der Waals surface area (Å²) < 4.78 is 91.3. The predicted octanol–water partition coefficient (Wildman–Crippen LogP) is 5.74. The number of rotatable bonds is 11. The molecule has 1 aliphatic heterocycles. The molecule has 15 heteroatoms. The molecule has 2 aliphatic carbocycles. The van der Waals surface area contributed by atoms with Gasteiger partial charge in [0.05, 0.1) is 18.2 Å². The van der Waals surface area contributed by atoms with Crippen LogP contribution in [0.4, 0.5) is 26.3 Å². The van der Waals surface area contributed by atoms with Crippen LogP contribution in [0.2, 0.25) is 0 Å². The third-order valence-electron chi connectivity index (χ3n) is 8.99. The number of likely N-dealkylation sites (tertiary alicyclic amines) is 1. The first-order valence-electron chi connectivity index (χ1n) is 15.4. The van der Waals surface area contributed by atoms with Crippen molar-refractivity contribution < 1.29 is 50.2 Å². The summed E-state index contributed by atoms with van der Waals surface area (Å²) in [4.78, 5) is 46.0. The lowest BCUT2D eigenvalue weighted by Crippen LogP contribution is -2.45. The molecule has 47 heavy (non-hydrogen) atoms. The Balaban J connectivity index is 1.24. The molecule has 1 N–H and O–H groups in total. The fourth-order valence-corrected chi connectivity index (χ4v) is 6.13. The zero-order valence-corrected chi connectivity index (χ0v) is 25.9. The minimum atomic E-state index is -3.58. The van der Waals surface area contributed by atoms with E-state index in [9.17, 15) is 40.7 Å². The molecule has 256 valence electrons. The maximum Gasteiger partial charge on any atom is 0.400 e. The smallest absolute Gasteiger partial charge is 0.400 e. The van der Waals surface area contributed by atoms with Gasteiger partial charge < -0.3 is 24.6 Å². The number of carbonyl (C=O) groups is 3. The Morgan fingerprint density at radius 2 is 1.79 bits per heavy atom. The van der Waals surface area contributed by atoms with Gasteiger partial charge in [-0.1, -0.05) is 12.1 Å². The molecule has 0 bridgehead atoms. The number of pyridine rings is 1. The highest BCUT2D eigenvalue weighted by Gasteiger charge is 2.50. The number of hydrogen-bond acceptors (Lipinski definition) is 6. The third-order valence-corrected chi connectivity index (χ3v) is 8.99. The highest BCUT2D eigenvalue weighted by molar-refractivity contribution is 5.92. The molecule has 3 aliphatic rings. The SMILES string of the molecule is CC(=O)N1CC(c2ccc(OC(F)F)c(OC(F)(F)C3CC3)c2)C[C@@H]1C(=O)NCc1cccc(C(=O)N(C)C2CCC(F)(F)CC2)n1. The van der Waals surface area contributed by atoms with E-state index in [1.165, 1.54) is 34.9 Å². The van der Waals surface area contributed by atoms with E-state index < -0.39 is 65.7 Å². The second-order valence-electron chi connectivity index (χ2n) is 12.4. The molecular weight excluding hydrogens is 634 g/mol. The van der Waals surface area contributed by atoms with Crippen LogP contribution in [0.25, 0.3) is 0 Å². The summed E-state index contributed by atoms with van der Waals surface area (Å²) >= 11 is 0. The summed E-state index contributed by atoms with van der Waals surface area (Å²) in [6, 6.07) is 7.10. The molecule has 2 aromatic rings. The average Bonchev–Trinajstić information content (AvgIpc) is 3.79. The Morgan fingerprint density at radius 1 is 1.09 bits per heavy atom. The standard InChI is InChI=1S/C32H36F6N4O5/c1-18(43)42-17-20(19-6-9-26(46-30(33)34)27(15-19)47-32(37,38)21-7-8-21)14-25(42)28(44)39-16-22-4-3-5-24(40-22)29(45)41(2)23-10-12-31(35,36)13-11-23/h3-6,9,15,20-21,23,25,30H,7-8,10-14,16-17H2,1-2H3,(H,39,44)/t20?,25-/m1/s1. The van der Waals surface area contributed by atoms with E-state index in [4.69, 9.17) is 4.74 Å². The van der Waals surface area contributed by atoms with Crippen LogP contribution >= 0.6 is 0 Å². The van der Waals surface area contributed by atoms with Gasteiger partial charge in [0.1, 0.15) is 11.7 Å². The minimum Gasteiger partial charge on any atom is -0.431 e. The molecule has 2 heterocycles. The highest BCUT2D eigenvalue weighted by Crippen LogP contribution is 2.47. The molecule has 3 fully saturated rings. The van der Waals surface area contributed by atoms with Crippen LogP contribution in [0, 0.1) is 5.92 Å². The lowest BCUT2D eigenvalue weighted by atomic mass is 9.91. The lowest BCUT2D eigenvalue weighted by Gasteiger charge is -2.34. The van der Waals surface area contributed by atoms with Gasteiger partial charge in [0.15, 0.2) is 11.5 Å². The minimum absolute atomic E-state index is 0.0581. The first kappa shape index (κ1) is 34.3. The Bertz CT molecular complexity index is 1480. The lowest BCUT2D eigenvalue weighted by molar-refractivity contribution is -0.194. The van der Waals surface area contributed by atoms with Crippen LogP contribution < -0.4 is 14.8 Å². The number of aromatic nitrogens is 1. The number of amides is 3. The first-order chi connectivity index (χ1) is 22.1. The number of benzene rings is 1. The number of hydrogen-bond donors (Lipinski definition) is 1. The molecule has 9 nitrogen and oxygen atoms in total. The summed E-state index contributed by atoms with van der Waals surface area (Å²) in [5, 5.41) is 2.73. The van der Waals surface area contributed by atoms with E-state index in [0.717, 1.165) is 6.07 Å². The zero-order chi connectivity index (χ0) is 34.1. The van der Waals surface area contributed by atoms with Gasteiger partial charge in [-0.05, 0) is 61.9 Å². The van der Waals surface area contributed by atoms with E-state index in [1.54, 1.807) is 19.2 Å². The van der Waals surface area contributed by atoms with Crippen molar-refractivity contribution in [1.82, 2.24) is 20.1 Å². The number of alkyl halides is 6. The van der Waals surface area contributed by atoms with Gasteiger partial charge in [0.2, 0.25) is 17.7 Å². The number of halogens is 6. The largest absolute Gasteiger partial charge is 0.431 e. The molecule has 1 unspecified atom stereocenters. The maximum atomic E-state index is 14.5. The molecule has 5 rings (SSSR count). The number of ether oxygens (including phenoxy) is 2. The predicted molar refractivity (Wildman–Crippen MR) is 155 cm³/mol. The summed E-state index contributed by atoms with van der Waals surface area (Å²) in [6.45, 7) is -2.01. The zero-order valence-electron chi connectivity index (χ0n) is 25.9. The Morgan fingerprint density at radius 3 is 2.43 bits per heavy atom. The Hall–Kier alpha value is -4.04. The van der Waals surface area contributed by atoms with Crippen molar-refractivity contribution in [2.45, 2.75) is 95.1 Å². The monoisotopic (exact) mass is 670 g/mol. The van der Waals surface area contributed by atoms with E-state index in [2.05, 4.69) is 15.0 Å². The highest BCUT2D eigenvalue weighted by atomic mass is 19.3. The molecule has 3 amide bonds. The van der Waals surface area contributed by atoms with Crippen LogP contribution in [-0.4, -0.2) is 76.8 Å². The van der Waals surface area contributed by atoms with Gasteiger partial charge in [0, 0.05) is 45.3 Å². The van der Waals surface area contributed by atoms with E-state index in [0.29, 0.717) is 11.3 Å². The van der Waals surface area contributed by atoms with Gasteiger partial charge >= 0.3 is 12.7 Å². The van der Waals surface area contributed by atoms with Crippen molar-refractivity contribution in [3.8, 4) is 11.5 Å². The number of carbonyl (C=O) groups excluding carboxylic acids is 3. The second-order valence-corrected chi connectivity index (χ2v) is 12.4. The second kappa shape index (κ2) is 13.6. The van der Waals surface area contributed by atoms with Gasteiger partial charge in [-0.3, -0.25) is 14.4 Å². The fraction of sp³-hybridized carbons (Fsp3) is 0.562. The molecular formula is C32H36F6N4O5. The van der Waals surface area contributed by atoms with Gasteiger partial charge in [0.25, 0.3) is 5.91 Å². The molecule has 1 aromatic heterocycles. The van der Waals surface area contributed by atoms with Crippen LogP contribution in [0.1, 0.15) is 79.5 Å². The molecule has 1 saturated heterocycles. The van der Waals surface area contributed by atoms with Gasteiger partial charge in [-0.15, -0.1) is 0 Å². The van der Waals surface area contributed by atoms with Gasteiger partial charge in [-0.25, -0.2) is 13.8 Å². The van der Waals surface area contributed by atoms with Crippen LogP contribution in [0.15, 0.2) is 36.4 Å². The van der Waals surface area contributed by atoms with Gasteiger partial charge in [-0.2, -0.15) is 17.6 Å². The molecule has 2 atom stereocenters. The van der Waals surface area contributed by atoms with E-state index in [1.807, 2.05) is 0 Å². The van der Waals surface area contributed by atoms with Crippen molar-refractivity contribution in [1.29, 1.82) is 0 Å². The average molecular weight is 671 g/mol. The molecule has 0 radical (unpaired) electrons. The van der Waals surface area contributed by atoms with Crippen molar-refractivity contribution in [3.63, 3.8) is 0 Å². The Labute approximate surface area is 267 Å². The Kier molecular flexibility index (Phi) is 9.92. The van der Waals surface area contributed by atoms with Crippen LogP contribution in [-0.2, 0) is 16.1 Å². The summed E-state index contributed by atoms with van der Waals surface area (Å²) in [5.41, 5.74) is 0.838. The molecule has 1 aromatic carbocycles. The van der Waals surface area contributed by atoms with Crippen molar-refractivity contribution in [3.05, 3.63) is 53.3 Å². The number of nitrogens with one attached hydrogen (secondary N) is 1. The summed E-state index contributed by atoms with van der Waals surface area (Å²) in [6.07, 6.45) is -3.23. The van der Waals surface area contributed by atoms with Crippen molar-refractivity contribution in [2.24, 2.45) is 5.92 Å².